The van der Waals surface area contributed by atoms with Crippen molar-refractivity contribution in [2.24, 2.45) is 11.7 Å². The first-order chi connectivity index (χ1) is 8.18. The lowest BCUT2D eigenvalue weighted by atomic mass is 10.1. The van der Waals surface area contributed by atoms with E-state index in [1.807, 2.05) is 11.9 Å². The van der Waals surface area contributed by atoms with Gasteiger partial charge in [0.1, 0.15) is 5.82 Å². The lowest BCUT2D eigenvalue weighted by Crippen LogP contribution is -2.29. The Kier molecular flexibility index (Phi) is 3.58. The Morgan fingerprint density at radius 1 is 1.71 bits per heavy atom. The average molecular weight is 235 g/mol. The molecular formula is C12H17N3O2. The maximum Gasteiger partial charge on any atom is 0.252 e. The van der Waals surface area contributed by atoms with Crippen LogP contribution in [0.4, 0.5) is 5.82 Å². The van der Waals surface area contributed by atoms with Crippen molar-refractivity contribution in [1.29, 1.82) is 0 Å². The highest BCUT2D eigenvalue weighted by molar-refractivity contribution is 5.97. The predicted molar refractivity (Wildman–Crippen MR) is 65.0 cm³/mol. The monoisotopic (exact) mass is 235 g/mol. The number of aromatic nitrogens is 1. The minimum Gasteiger partial charge on any atom is -0.381 e. The summed E-state index contributed by atoms with van der Waals surface area (Å²) in [6.45, 7) is 2.43. The molecular weight excluding hydrogens is 218 g/mol. The largest absolute Gasteiger partial charge is 0.381 e. The Morgan fingerprint density at radius 2 is 2.53 bits per heavy atom. The van der Waals surface area contributed by atoms with Crippen LogP contribution in [-0.2, 0) is 4.74 Å². The molecule has 0 saturated carbocycles. The highest BCUT2D eigenvalue weighted by Gasteiger charge is 2.20. The van der Waals surface area contributed by atoms with Gasteiger partial charge in [-0.1, -0.05) is 0 Å². The zero-order valence-corrected chi connectivity index (χ0v) is 9.93. The lowest BCUT2D eigenvalue weighted by molar-refractivity contribution is 0.100. The smallest absolute Gasteiger partial charge is 0.252 e. The third-order valence-corrected chi connectivity index (χ3v) is 2.97. The fraction of sp³-hybridized carbons (Fsp3) is 0.500. The van der Waals surface area contributed by atoms with Crippen molar-refractivity contribution in [3.63, 3.8) is 0 Å². The van der Waals surface area contributed by atoms with Crippen LogP contribution in [0.2, 0.25) is 0 Å². The second-order valence-corrected chi connectivity index (χ2v) is 4.35. The molecule has 92 valence electrons. The van der Waals surface area contributed by atoms with Gasteiger partial charge in [0.15, 0.2) is 0 Å². The molecule has 5 nitrogen and oxygen atoms in total. The van der Waals surface area contributed by atoms with Gasteiger partial charge in [0.25, 0.3) is 5.91 Å². The Hall–Kier alpha value is -1.62. The summed E-state index contributed by atoms with van der Waals surface area (Å²) in [6, 6.07) is 3.42. The Bertz CT molecular complexity index is 402. The number of nitrogens with zero attached hydrogens (tertiary/aromatic N) is 2. The summed E-state index contributed by atoms with van der Waals surface area (Å²) in [5.41, 5.74) is 5.80. The Balaban J connectivity index is 2.12. The number of nitrogens with two attached hydrogens (primary N) is 1. The predicted octanol–water partition coefficient (Wildman–Crippen LogP) is 0.653. The van der Waals surface area contributed by atoms with E-state index >= 15 is 0 Å². The van der Waals surface area contributed by atoms with Crippen LogP contribution < -0.4 is 10.6 Å². The van der Waals surface area contributed by atoms with Crippen LogP contribution in [-0.4, -0.2) is 37.7 Å². The molecule has 2 N–H and O–H groups in total. The maximum atomic E-state index is 11.3. The van der Waals surface area contributed by atoms with Gasteiger partial charge >= 0.3 is 0 Å². The van der Waals surface area contributed by atoms with E-state index < -0.39 is 5.91 Å². The van der Waals surface area contributed by atoms with Crippen LogP contribution in [0.1, 0.15) is 16.8 Å². The summed E-state index contributed by atoms with van der Waals surface area (Å²) >= 11 is 0. The minimum atomic E-state index is -0.442. The third kappa shape index (κ3) is 2.74. The fourth-order valence-corrected chi connectivity index (χ4v) is 2.09. The number of carbonyl (C=O) groups excluding carboxylic acids is 1. The van der Waals surface area contributed by atoms with Crippen molar-refractivity contribution in [3.8, 4) is 0 Å². The molecule has 0 spiro atoms. The van der Waals surface area contributed by atoms with E-state index in [1.54, 1.807) is 18.3 Å². The van der Waals surface area contributed by atoms with Crippen LogP contribution >= 0.6 is 0 Å². The van der Waals surface area contributed by atoms with Gasteiger partial charge in [0, 0.05) is 32.3 Å². The molecule has 1 aliphatic heterocycles. The second kappa shape index (κ2) is 5.14. The first-order valence-electron chi connectivity index (χ1n) is 5.72. The molecule has 17 heavy (non-hydrogen) atoms. The van der Waals surface area contributed by atoms with Gasteiger partial charge < -0.3 is 15.4 Å². The number of amides is 1. The molecule has 1 fully saturated rings. The number of primary amides is 1. The quantitative estimate of drug-likeness (QED) is 0.832. The highest BCUT2D eigenvalue weighted by atomic mass is 16.5. The van der Waals surface area contributed by atoms with Crippen LogP contribution in [0.25, 0.3) is 0 Å². The van der Waals surface area contributed by atoms with Crippen molar-refractivity contribution in [1.82, 2.24) is 4.98 Å². The Labute approximate surface area is 101 Å². The number of anilines is 1. The highest BCUT2D eigenvalue weighted by Crippen LogP contribution is 2.19. The lowest BCUT2D eigenvalue weighted by Gasteiger charge is -2.22. The summed E-state index contributed by atoms with van der Waals surface area (Å²) in [5, 5.41) is 0. The average Bonchev–Trinajstić information content (AvgIpc) is 2.81. The molecule has 1 aliphatic rings. The molecule has 2 heterocycles. The van der Waals surface area contributed by atoms with E-state index in [0.717, 1.165) is 26.2 Å². The van der Waals surface area contributed by atoms with Gasteiger partial charge in [-0.05, 0) is 18.6 Å². The topological polar surface area (TPSA) is 68.4 Å². The molecule has 0 radical (unpaired) electrons. The molecule has 5 heteroatoms. The summed E-state index contributed by atoms with van der Waals surface area (Å²) < 4.78 is 5.33. The van der Waals surface area contributed by atoms with E-state index in [-0.39, 0.29) is 0 Å². The summed E-state index contributed by atoms with van der Waals surface area (Å²) in [6.07, 6.45) is 2.73. The molecule has 0 aromatic carbocycles. The SMILES string of the molecule is CN(C[C@@H]1CCOC1)c1ncccc1C(N)=O. The van der Waals surface area contributed by atoms with E-state index in [9.17, 15) is 4.79 Å². The van der Waals surface area contributed by atoms with Crippen LogP contribution in [0.5, 0.6) is 0 Å². The third-order valence-electron chi connectivity index (χ3n) is 2.97. The number of ether oxygens (including phenoxy) is 1. The van der Waals surface area contributed by atoms with Crippen LogP contribution in [0, 0.1) is 5.92 Å². The molecule has 0 unspecified atom stereocenters. The molecule has 1 amide bonds. The minimum absolute atomic E-state index is 0.442. The van der Waals surface area contributed by atoms with E-state index in [1.165, 1.54) is 0 Å². The first-order valence-corrected chi connectivity index (χ1v) is 5.72. The molecule has 2 rings (SSSR count). The van der Waals surface area contributed by atoms with Crippen LogP contribution in [0.3, 0.4) is 0 Å². The molecule has 1 aromatic heterocycles. The molecule has 1 saturated heterocycles. The first kappa shape index (κ1) is 11.9. The van der Waals surface area contributed by atoms with E-state index in [0.29, 0.717) is 17.3 Å². The van der Waals surface area contributed by atoms with Crippen molar-refractivity contribution < 1.29 is 9.53 Å². The molecule has 1 aromatic rings. The maximum absolute atomic E-state index is 11.3. The van der Waals surface area contributed by atoms with Crippen molar-refractivity contribution >= 4 is 11.7 Å². The summed E-state index contributed by atoms with van der Waals surface area (Å²) in [4.78, 5) is 17.5. The number of carbonyl (C=O) groups is 1. The number of pyridine rings is 1. The fourth-order valence-electron chi connectivity index (χ4n) is 2.09. The van der Waals surface area contributed by atoms with Gasteiger partial charge in [-0.3, -0.25) is 4.79 Å². The summed E-state index contributed by atoms with van der Waals surface area (Å²) in [7, 11) is 1.92. The molecule has 0 aliphatic carbocycles. The number of hydrogen-bond acceptors (Lipinski definition) is 4. The standard InChI is InChI=1S/C12H17N3O2/c1-15(7-9-4-6-17-8-9)12-10(11(13)16)3-2-5-14-12/h2-3,5,9H,4,6-8H2,1H3,(H2,13,16)/t9-/m0/s1. The van der Waals surface area contributed by atoms with Crippen molar-refractivity contribution in [2.45, 2.75) is 6.42 Å². The second-order valence-electron chi connectivity index (χ2n) is 4.35. The van der Waals surface area contributed by atoms with Crippen LogP contribution in [0.15, 0.2) is 18.3 Å². The molecule has 1 atom stereocenters. The van der Waals surface area contributed by atoms with Gasteiger partial charge in [-0.25, -0.2) is 4.98 Å². The van der Waals surface area contributed by atoms with Gasteiger partial charge in [-0.2, -0.15) is 0 Å². The summed E-state index contributed by atoms with van der Waals surface area (Å²) in [5.74, 6) is 0.706. The van der Waals surface area contributed by atoms with Gasteiger partial charge in [-0.15, -0.1) is 0 Å². The number of hydrogen-bond donors (Lipinski definition) is 1. The normalized spacial score (nSPS) is 19.2. The van der Waals surface area contributed by atoms with E-state index in [2.05, 4.69) is 4.98 Å². The Morgan fingerprint density at radius 3 is 3.18 bits per heavy atom. The zero-order valence-electron chi connectivity index (χ0n) is 9.93. The van der Waals surface area contributed by atoms with Crippen molar-refractivity contribution in [2.75, 3.05) is 31.7 Å². The van der Waals surface area contributed by atoms with E-state index in [4.69, 9.17) is 10.5 Å². The van der Waals surface area contributed by atoms with Gasteiger partial charge in [0.2, 0.25) is 0 Å². The van der Waals surface area contributed by atoms with Gasteiger partial charge in [0.05, 0.1) is 12.2 Å². The number of rotatable bonds is 4. The zero-order chi connectivity index (χ0) is 12.3. The van der Waals surface area contributed by atoms with Crippen molar-refractivity contribution in [3.05, 3.63) is 23.9 Å². The molecule has 0 bridgehead atoms.